The molecular weight excluding hydrogens is 247 g/mol. The molecule has 3 N–H and O–H groups in total. The normalized spacial score (nSPS) is 11.7. The predicted octanol–water partition coefficient (Wildman–Crippen LogP) is 0.681. The highest BCUT2D eigenvalue weighted by molar-refractivity contribution is 7.67. The van der Waals surface area contributed by atoms with Gasteiger partial charge in [0.2, 0.25) is 0 Å². The number of hydrogen-bond acceptors (Lipinski definition) is 4. The lowest BCUT2D eigenvalue weighted by atomic mass is 10.2. The number of aliphatic imine (C=N–C) groups is 1. The lowest BCUT2D eigenvalue weighted by Gasteiger charge is -2.11. The zero-order chi connectivity index (χ0) is 12.9. The van der Waals surface area contributed by atoms with E-state index in [1.807, 2.05) is 0 Å². The molecule has 0 spiro atoms. The third kappa shape index (κ3) is 4.88. The monoisotopic (exact) mass is 258 g/mol. The molecule has 0 aromatic heterocycles. The first kappa shape index (κ1) is 13.5. The van der Waals surface area contributed by atoms with Gasteiger partial charge in [0.25, 0.3) is 5.91 Å². The maximum atomic E-state index is 11.5. The molecule has 0 heterocycles. The Morgan fingerprint density at radius 3 is 2.47 bits per heavy atom. The van der Waals surface area contributed by atoms with Crippen LogP contribution in [0.3, 0.4) is 0 Å². The third-order valence-corrected chi connectivity index (χ3v) is 2.17. The first-order valence-electron chi connectivity index (χ1n) is 4.52. The lowest BCUT2D eigenvalue weighted by Crippen LogP contribution is -2.27. The van der Waals surface area contributed by atoms with E-state index in [1.54, 1.807) is 18.2 Å². The van der Waals surface area contributed by atoms with Crippen molar-refractivity contribution in [3.05, 3.63) is 35.9 Å². The van der Waals surface area contributed by atoms with E-state index in [0.29, 0.717) is 5.96 Å². The zero-order valence-corrected chi connectivity index (χ0v) is 9.57. The molecule has 92 valence electrons. The fourth-order valence-electron chi connectivity index (χ4n) is 1.01. The largest absolute Gasteiger partial charge is 0.366 e. The van der Waals surface area contributed by atoms with E-state index in [1.165, 1.54) is 12.1 Å². The van der Waals surface area contributed by atoms with E-state index in [9.17, 15) is 14.6 Å². The van der Waals surface area contributed by atoms with Crippen molar-refractivity contribution in [2.75, 3.05) is 6.67 Å². The molecule has 1 rings (SSSR count). The minimum absolute atomic E-state index is 0.251. The highest BCUT2D eigenvalue weighted by Crippen LogP contribution is 2.29. The van der Waals surface area contributed by atoms with Gasteiger partial charge in [-0.05, 0) is 12.1 Å². The number of carbonyl (C=O) groups is 1. The van der Waals surface area contributed by atoms with E-state index >= 15 is 0 Å². The Morgan fingerprint density at radius 2 is 1.94 bits per heavy atom. The zero-order valence-electron chi connectivity index (χ0n) is 8.67. The molecule has 0 unspecified atom stereocenters. The highest BCUT2D eigenvalue weighted by Gasteiger charge is 2.13. The molecule has 0 aliphatic heterocycles. The third-order valence-electron chi connectivity index (χ3n) is 1.70. The van der Waals surface area contributed by atoms with E-state index in [-0.39, 0.29) is 10.6 Å². The van der Waals surface area contributed by atoms with Crippen molar-refractivity contribution >= 4 is 19.5 Å². The molecule has 0 bridgehead atoms. The molecule has 0 radical (unpaired) electrons. The Labute approximate surface area is 97.1 Å². The Kier molecular flexibility index (Phi) is 4.53. The number of rotatable bonds is 4. The Morgan fingerprint density at radius 1 is 1.35 bits per heavy atom. The Bertz CT molecular complexity index is 456. The van der Waals surface area contributed by atoms with Gasteiger partial charge < -0.3 is 9.79 Å². The molecular formula is C9H11N2O5P. The van der Waals surface area contributed by atoms with Gasteiger partial charge in [-0.1, -0.05) is 18.2 Å². The van der Waals surface area contributed by atoms with E-state index in [4.69, 9.17) is 9.79 Å². The average Bonchev–Trinajstić information content (AvgIpc) is 2.27. The van der Waals surface area contributed by atoms with Gasteiger partial charge in [-0.3, -0.25) is 19.6 Å². The molecule has 0 atom stereocenters. The quantitative estimate of drug-likeness (QED) is 0.318. The number of carbonyl (C=O) groups excluding carboxylic acids is 1. The first-order valence-corrected chi connectivity index (χ1v) is 6.20. The van der Waals surface area contributed by atoms with Gasteiger partial charge in [-0.25, -0.2) is 0 Å². The molecule has 0 saturated carbocycles. The minimum Gasteiger partial charge on any atom is -0.320 e. The van der Waals surface area contributed by atoms with Crippen LogP contribution in [0.25, 0.3) is 0 Å². The summed E-state index contributed by atoms with van der Waals surface area (Å²) in [6, 6.07) is 7.96. The molecule has 1 aromatic rings. The summed E-state index contributed by atoms with van der Waals surface area (Å²) >= 11 is 0. The predicted molar refractivity (Wildman–Crippen MR) is 59.8 cm³/mol. The number of nitrogens with zero attached hydrogens (tertiary/aromatic N) is 2. The van der Waals surface area contributed by atoms with Gasteiger partial charge in [0.1, 0.15) is 12.6 Å². The summed E-state index contributed by atoms with van der Waals surface area (Å²) in [5, 5.41) is 9.55. The molecule has 0 saturated heterocycles. The summed E-state index contributed by atoms with van der Waals surface area (Å²) in [6.07, 6.45) is 0. The van der Waals surface area contributed by atoms with Crippen molar-refractivity contribution < 1.29 is 24.4 Å². The second-order valence-corrected chi connectivity index (χ2v) is 4.51. The van der Waals surface area contributed by atoms with E-state index in [0.717, 1.165) is 0 Å². The summed E-state index contributed by atoms with van der Waals surface area (Å²) in [7, 11) is -4.36. The summed E-state index contributed by atoms with van der Waals surface area (Å²) in [6.45, 7) is -0.543. The SMILES string of the molecule is O=C(c1ccccc1)N(O)C/N=C/P(=O)(O)O. The molecule has 0 fully saturated rings. The maximum absolute atomic E-state index is 11.5. The molecule has 0 aliphatic carbocycles. The second kappa shape index (κ2) is 5.70. The fraction of sp³-hybridized carbons (Fsp3) is 0.111. The standard InChI is InChI=1S/C9H11N2O5P/c12-9(8-4-2-1-3-5-8)11(13)6-10-7-17(14,15)16/h1-5,7,13H,6H2,(H2,14,15,16)/b10-7+. The number of amides is 1. The van der Waals surface area contributed by atoms with Crippen molar-refractivity contribution in [1.29, 1.82) is 0 Å². The Hall–Kier alpha value is -1.53. The molecule has 1 aromatic carbocycles. The van der Waals surface area contributed by atoms with Crippen molar-refractivity contribution in [1.82, 2.24) is 5.06 Å². The number of benzene rings is 1. The van der Waals surface area contributed by atoms with Crippen molar-refractivity contribution in [3.63, 3.8) is 0 Å². The van der Waals surface area contributed by atoms with Gasteiger partial charge in [-0.15, -0.1) is 0 Å². The van der Waals surface area contributed by atoms with Crippen LogP contribution in [0.1, 0.15) is 10.4 Å². The molecule has 7 nitrogen and oxygen atoms in total. The smallest absolute Gasteiger partial charge is 0.320 e. The van der Waals surface area contributed by atoms with E-state index < -0.39 is 20.2 Å². The van der Waals surface area contributed by atoms with Crippen molar-refractivity contribution in [3.8, 4) is 0 Å². The summed E-state index contributed by atoms with van der Waals surface area (Å²) < 4.78 is 10.4. The summed E-state index contributed by atoms with van der Waals surface area (Å²) in [5.74, 6) is -0.317. The van der Waals surface area contributed by atoms with Gasteiger partial charge in [-0.2, -0.15) is 5.06 Å². The Balaban J connectivity index is 2.60. The van der Waals surface area contributed by atoms with Crippen LogP contribution in [0.2, 0.25) is 0 Å². The number of hydroxylamine groups is 2. The van der Waals surface area contributed by atoms with Crippen molar-refractivity contribution in [2.45, 2.75) is 0 Å². The van der Waals surface area contributed by atoms with Crippen LogP contribution in [0.5, 0.6) is 0 Å². The van der Waals surface area contributed by atoms with Gasteiger partial charge in [0.05, 0.1) is 0 Å². The minimum atomic E-state index is -4.36. The van der Waals surface area contributed by atoms with Gasteiger partial charge in [0.15, 0.2) is 0 Å². The average molecular weight is 258 g/mol. The lowest BCUT2D eigenvalue weighted by molar-refractivity contribution is -0.0556. The van der Waals surface area contributed by atoms with Crippen LogP contribution in [-0.4, -0.2) is 38.6 Å². The summed E-state index contributed by atoms with van der Waals surface area (Å²) in [5.41, 5.74) is 0.251. The second-order valence-electron chi connectivity index (χ2n) is 3.10. The van der Waals surface area contributed by atoms with Gasteiger partial charge in [0, 0.05) is 5.56 Å². The van der Waals surface area contributed by atoms with Crippen LogP contribution in [-0.2, 0) is 4.57 Å². The first-order chi connectivity index (χ1) is 7.90. The molecule has 17 heavy (non-hydrogen) atoms. The molecule has 8 heteroatoms. The fourth-order valence-corrected chi connectivity index (χ4v) is 1.30. The van der Waals surface area contributed by atoms with Crippen molar-refractivity contribution in [2.24, 2.45) is 4.99 Å². The highest BCUT2D eigenvalue weighted by atomic mass is 31.2. The van der Waals surface area contributed by atoms with E-state index in [2.05, 4.69) is 4.99 Å². The summed E-state index contributed by atoms with van der Waals surface area (Å²) in [4.78, 5) is 31.7. The van der Waals surface area contributed by atoms with Crippen LogP contribution in [0, 0.1) is 0 Å². The topological polar surface area (TPSA) is 110 Å². The molecule has 0 aliphatic rings. The van der Waals surface area contributed by atoms with Crippen LogP contribution < -0.4 is 0 Å². The van der Waals surface area contributed by atoms with Crippen LogP contribution in [0.15, 0.2) is 35.3 Å². The maximum Gasteiger partial charge on any atom is 0.366 e. The number of hydrogen-bond donors (Lipinski definition) is 3. The van der Waals surface area contributed by atoms with Crippen LogP contribution >= 0.6 is 7.60 Å². The molecule has 1 amide bonds. The van der Waals surface area contributed by atoms with Crippen LogP contribution in [0.4, 0.5) is 0 Å². The van der Waals surface area contributed by atoms with Gasteiger partial charge >= 0.3 is 7.60 Å².